The van der Waals surface area contributed by atoms with Gasteiger partial charge in [-0.1, -0.05) is 12.1 Å². The van der Waals surface area contributed by atoms with Crippen LogP contribution in [0.15, 0.2) is 24.3 Å². The molecule has 0 aliphatic heterocycles. The Balaban J connectivity index is 2.13. The Morgan fingerprint density at radius 3 is 2.47 bits per heavy atom. The van der Waals surface area contributed by atoms with Crippen LogP contribution in [0.3, 0.4) is 0 Å². The number of aromatic nitrogens is 2. The number of rotatable bonds is 4. The lowest BCUT2D eigenvalue weighted by atomic mass is 10.2. The van der Waals surface area contributed by atoms with Crippen LogP contribution in [0.25, 0.3) is 0 Å². The molecule has 1 heterocycles. The molecule has 0 spiro atoms. The fraction of sp³-hybridized carbons (Fsp3) is 0.250. The maximum absolute atomic E-state index is 12.0. The summed E-state index contributed by atoms with van der Waals surface area (Å²) in [6, 6.07) is 6.42. The highest BCUT2D eigenvalue weighted by Crippen LogP contribution is 2.20. The molecule has 0 saturated heterocycles. The van der Waals surface area contributed by atoms with E-state index in [2.05, 4.69) is 32.4 Å². The van der Waals surface area contributed by atoms with Gasteiger partial charge in [-0.15, -0.1) is 0 Å². The van der Waals surface area contributed by atoms with Crippen molar-refractivity contribution in [2.24, 2.45) is 0 Å². The van der Waals surface area contributed by atoms with Crippen molar-refractivity contribution >= 4 is 28.4 Å². The van der Waals surface area contributed by atoms with Crippen molar-refractivity contribution in [3.63, 3.8) is 0 Å². The number of halogens is 3. The number of ether oxygens (including phenoxy) is 1. The molecule has 2 N–H and O–H groups in total. The topological polar surface area (TPSA) is 53.1 Å². The molecule has 2 rings (SSSR count). The molecule has 4 nitrogen and oxygen atoms in total. The number of nitrogens with zero attached hydrogens (tertiary/aromatic N) is 2. The fourth-order valence-electron chi connectivity index (χ4n) is 1.65. The number of alkyl halides is 2. The molecular weight excluding hydrogens is 367 g/mol. The van der Waals surface area contributed by atoms with E-state index in [1.54, 1.807) is 16.8 Å². The van der Waals surface area contributed by atoms with E-state index in [0.29, 0.717) is 12.4 Å². The van der Waals surface area contributed by atoms with Gasteiger partial charge in [-0.05, 0) is 47.2 Å². The maximum Gasteiger partial charge on any atom is 0.387 e. The lowest BCUT2D eigenvalue weighted by Gasteiger charge is -2.07. The summed E-state index contributed by atoms with van der Waals surface area (Å²) in [5, 5.41) is 4.31. The smallest absolute Gasteiger partial charge is 0.387 e. The van der Waals surface area contributed by atoms with Gasteiger partial charge in [0.2, 0.25) is 0 Å². The molecule has 0 aliphatic rings. The predicted octanol–water partition coefficient (Wildman–Crippen LogP) is 3.03. The molecule has 19 heavy (non-hydrogen) atoms. The minimum atomic E-state index is -2.81. The van der Waals surface area contributed by atoms with E-state index < -0.39 is 6.61 Å². The SMILES string of the molecule is Cc1nn(Cc2ccc(OC(F)F)cc2)c(N)c1I. The second-order valence-corrected chi connectivity index (χ2v) is 5.04. The first-order valence-corrected chi connectivity index (χ1v) is 6.57. The van der Waals surface area contributed by atoms with Crippen LogP contribution in [-0.2, 0) is 6.54 Å². The molecule has 0 fully saturated rings. The lowest BCUT2D eigenvalue weighted by molar-refractivity contribution is -0.0498. The van der Waals surface area contributed by atoms with Gasteiger partial charge in [0.25, 0.3) is 0 Å². The maximum atomic E-state index is 12.0. The molecule has 0 amide bonds. The summed E-state index contributed by atoms with van der Waals surface area (Å²) in [4.78, 5) is 0. The van der Waals surface area contributed by atoms with E-state index in [4.69, 9.17) is 5.73 Å². The molecule has 7 heteroatoms. The molecule has 0 atom stereocenters. The third-order valence-electron chi connectivity index (χ3n) is 2.57. The highest BCUT2D eigenvalue weighted by atomic mass is 127. The van der Waals surface area contributed by atoms with Crippen molar-refractivity contribution < 1.29 is 13.5 Å². The van der Waals surface area contributed by atoms with E-state index in [-0.39, 0.29) is 5.75 Å². The first kappa shape index (κ1) is 14.0. The zero-order valence-electron chi connectivity index (χ0n) is 10.1. The predicted molar refractivity (Wildman–Crippen MR) is 76.3 cm³/mol. The quantitative estimate of drug-likeness (QED) is 0.832. The first-order valence-electron chi connectivity index (χ1n) is 5.49. The van der Waals surface area contributed by atoms with E-state index in [1.807, 2.05) is 6.92 Å². The van der Waals surface area contributed by atoms with Gasteiger partial charge in [-0.2, -0.15) is 13.9 Å². The third-order valence-corrected chi connectivity index (χ3v) is 3.91. The van der Waals surface area contributed by atoms with Gasteiger partial charge in [-0.3, -0.25) is 0 Å². The van der Waals surface area contributed by atoms with Crippen LogP contribution < -0.4 is 10.5 Å². The van der Waals surface area contributed by atoms with Gasteiger partial charge in [-0.25, -0.2) is 4.68 Å². The summed E-state index contributed by atoms with van der Waals surface area (Å²) >= 11 is 2.14. The molecule has 2 aromatic rings. The summed E-state index contributed by atoms with van der Waals surface area (Å²) in [5.41, 5.74) is 7.70. The summed E-state index contributed by atoms with van der Waals surface area (Å²) in [6.45, 7) is -0.435. The van der Waals surface area contributed by atoms with Crippen molar-refractivity contribution in [2.45, 2.75) is 20.1 Å². The highest BCUT2D eigenvalue weighted by Gasteiger charge is 2.10. The zero-order chi connectivity index (χ0) is 14.0. The fourth-order valence-corrected chi connectivity index (χ4v) is 2.03. The molecule has 1 aromatic carbocycles. The van der Waals surface area contributed by atoms with Crippen LogP contribution >= 0.6 is 22.6 Å². The number of nitrogens with two attached hydrogens (primary N) is 1. The zero-order valence-corrected chi connectivity index (χ0v) is 12.3. The number of benzene rings is 1. The van der Waals surface area contributed by atoms with Crippen molar-refractivity contribution in [2.75, 3.05) is 5.73 Å². The van der Waals surface area contributed by atoms with Crippen LogP contribution in [0.2, 0.25) is 0 Å². The minimum absolute atomic E-state index is 0.137. The monoisotopic (exact) mass is 379 g/mol. The lowest BCUT2D eigenvalue weighted by Crippen LogP contribution is -2.06. The third kappa shape index (κ3) is 3.34. The van der Waals surface area contributed by atoms with Crippen LogP contribution in [0.1, 0.15) is 11.3 Å². The molecule has 0 saturated carbocycles. The van der Waals surface area contributed by atoms with E-state index >= 15 is 0 Å². The Morgan fingerprint density at radius 2 is 2.00 bits per heavy atom. The summed E-state index contributed by atoms with van der Waals surface area (Å²) in [7, 11) is 0. The summed E-state index contributed by atoms with van der Waals surface area (Å²) < 4.78 is 30.9. The summed E-state index contributed by atoms with van der Waals surface area (Å²) in [6.07, 6.45) is 0. The Labute approximate surface area is 122 Å². The Kier molecular flexibility index (Phi) is 4.23. The molecule has 0 radical (unpaired) electrons. The van der Waals surface area contributed by atoms with Crippen LogP contribution in [0.5, 0.6) is 5.75 Å². The number of hydrogen-bond donors (Lipinski definition) is 1. The van der Waals surface area contributed by atoms with Crippen molar-refractivity contribution in [3.05, 3.63) is 39.1 Å². The molecule has 0 unspecified atom stereocenters. The average Bonchev–Trinajstić information content (AvgIpc) is 2.59. The largest absolute Gasteiger partial charge is 0.435 e. The molecular formula is C12H12F2IN3O. The summed E-state index contributed by atoms with van der Waals surface area (Å²) in [5.74, 6) is 0.740. The van der Waals surface area contributed by atoms with Crippen molar-refractivity contribution in [3.8, 4) is 5.75 Å². The normalized spacial score (nSPS) is 11.0. The molecule has 0 aliphatic carbocycles. The first-order chi connectivity index (χ1) is 8.97. The van der Waals surface area contributed by atoms with Gasteiger partial charge in [0.15, 0.2) is 0 Å². The van der Waals surface area contributed by atoms with Gasteiger partial charge in [0.05, 0.1) is 15.8 Å². The Bertz CT molecular complexity index is 569. The van der Waals surface area contributed by atoms with E-state index in [1.165, 1.54) is 12.1 Å². The van der Waals surface area contributed by atoms with E-state index in [9.17, 15) is 8.78 Å². The second kappa shape index (κ2) is 5.72. The van der Waals surface area contributed by atoms with Crippen LogP contribution in [-0.4, -0.2) is 16.4 Å². The highest BCUT2D eigenvalue weighted by molar-refractivity contribution is 14.1. The number of anilines is 1. The van der Waals surface area contributed by atoms with Crippen molar-refractivity contribution in [1.82, 2.24) is 9.78 Å². The number of nitrogen functional groups attached to an aromatic ring is 1. The molecule has 1 aromatic heterocycles. The minimum Gasteiger partial charge on any atom is -0.435 e. The Hall–Kier alpha value is -1.38. The standard InChI is InChI=1S/C12H12F2IN3O/c1-7-10(15)11(16)18(17-7)6-8-2-4-9(5-3-8)19-12(13)14/h2-5,12H,6,16H2,1H3. The van der Waals surface area contributed by atoms with Gasteiger partial charge in [0.1, 0.15) is 11.6 Å². The Morgan fingerprint density at radius 1 is 1.37 bits per heavy atom. The number of aryl methyl sites for hydroxylation is 1. The van der Waals surface area contributed by atoms with Crippen LogP contribution in [0.4, 0.5) is 14.6 Å². The molecule has 102 valence electrons. The van der Waals surface area contributed by atoms with Gasteiger partial charge >= 0.3 is 6.61 Å². The second-order valence-electron chi connectivity index (χ2n) is 3.96. The van der Waals surface area contributed by atoms with Crippen molar-refractivity contribution in [1.29, 1.82) is 0 Å². The van der Waals surface area contributed by atoms with Gasteiger partial charge < -0.3 is 10.5 Å². The number of hydrogen-bond acceptors (Lipinski definition) is 3. The van der Waals surface area contributed by atoms with Crippen LogP contribution in [0, 0.1) is 10.5 Å². The average molecular weight is 379 g/mol. The molecule has 0 bridgehead atoms. The van der Waals surface area contributed by atoms with Gasteiger partial charge in [0, 0.05) is 0 Å². The van der Waals surface area contributed by atoms with E-state index in [0.717, 1.165) is 14.8 Å².